The lowest BCUT2D eigenvalue weighted by atomic mass is 10.2. The third-order valence-electron chi connectivity index (χ3n) is 2.24. The number of hydrogen-bond acceptors (Lipinski definition) is 5. The Morgan fingerprint density at radius 1 is 1.56 bits per heavy atom. The third kappa shape index (κ3) is 3.70. The van der Waals surface area contributed by atoms with Crippen molar-refractivity contribution in [2.45, 2.75) is 12.5 Å². The zero-order valence-corrected chi connectivity index (χ0v) is 9.79. The first-order valence-corrected chi connectivity index (χ1v) is 5.23. The normalized spacial score (nSPS) is 11.7. The van der Waals surface area contributed by atoms with Crippen LogP contribution in [0.1, 0.15) is 16.8 Å². The molecule has 3 N–H and O–H groups in total. The molecule has 0 radical (unpaired) electrons. The number of pyridine rings is 1. The largest absolute Gasteiger partial charge is 0.494 e. The number of rotatable bonds is 6. The second kappa shape index (κ2) is 6.55. The molecule has 0 bridgehead atoms. The van der Waals surface area contributed by atoms with Crippen LogP contribution < -0.4 is 10.1 Å². The molecule has 7 nitrogen and oxygen atoms in total. The Morgan fingerprint density at radius 2 is 2.28 bits per heavy atom. The van der Waals surface area contributed by atoms with Crippen molar-refractivity contribution in [3.05, 3.63) is 24.0 Å². The maximum Gasteiger partial charge on any atom is 0.332 e. The molecule has 0 spiro atoms. The number of aliphatic hydroxyl groups is 1. The summed E-state index contributed by atoms with van der Waals surface area (Å²) in [7, 11) is 1.42. The quantitative estimate of drug-likeness (QED) is 0.640. The lowest BCUT2D eigenvalue weighted by Gasteiger charge is -2.09. The van der Waals surface area contributed by atoms with Gasteiger partial charge < -0.3 is 20.3 Å². The van der Waals surface area contributed by atoms with Crippen LogP contribution in [0.2, 0.25) is 0 Å². The number of methoxy groups -OCH3 is 1. The van der Waals surface area contributed by atoms with Gasteiger partial charge in [-0.05, 0) is 6.07 Å². The Labute approximate surface area is 103 Å². The molecule has 1 aromatic rings. The van der Waals surface area contributed by atoms with Crippen molar-refractivity contribution >= 4 is 11.9 Å². The minimum absolute atomic E-state index is 0.0534. The number of ether oxygens (including phenoxy) is 1. The molecule has 7 heteroatoms. The van der Waals surface area contributed by atoms with Crippen molar-refractivity contribution in [1.82, 2.24) is 10.3 Å². The van der Waals surface area contributed by atoms with Crippen LogP contribution in [0, 0.1) is 0 Å². The van der Waals surface area contributed by atoms with E-state index in [1.165, 1.54) is 25.6 Å². The summed E-state index contributed by atoms with van der Waals surface area (Å²) >= 11 is 0. The number of nitrogens with one attached hydrogen (secondary N) is 1. The number of hydrogen-bond donors (Lipinski definition) is 3. The number of aliphatic hydroxyl groups excluding tert-OH is 1. The molecule has 0 aliphatic rings. The molecule has 18 heavy (non-hydrogen) atoms. The Kier molecular flexibility index (Phi) is 5.06. The topological polar surface area (TPSA) is 109 Å². The summed E-state index contributed by atoms with van der Waals surface area (Å²) in [6, 6.07) is 1.49. The summed E-state index contributed by atoms with van der Waals surface area (Å²) in [5, 5.41) is 20.0. The average molecular weight is 254 g/mol. The second-order valence-electron chi connectivity index (χ2n) is 3.47. The fourth-order valence-electron chi connectivity index (χ4n) is 1.27. The van der Waals surface area contributed by atoms with E-state index in [0.717, 1.165) is 0 Å². The summed E-state index contributed by atoms with van der Waals surface area (Å²) in [4.78, 5) is 25.9. The van der Waals surface area contributed by atoms with Crippen LogP contribution in [0.25, 0.3) is 0 Å². The highest BCUT2D eigenvalue weighted by Crippen LogP contribution is 2.15. The maximum atomic E-state index is 11.7. The standard InChI is InChI=1S/C11H14N2O5/c1-18-9-6-12-4-2-7(9)10(15)13-5-3-8(14)11(16)17/h2,4,6,8,14H,3,5H2,1H3,(H,13,15)(H,16,17)/t8-/m0/s1. The molecule has 0 saturated heterocycles. The second-order valence-corrected chi connectivity index (χ2v) is 3.47. The molecule has 1 rings (SSSR count). The number of aliphatic carboxylic acids is 1. The molecular weight excluding hydrogens is 240 g/mol. The van der Waals surface area contributed by atoms with E-state index in [9.17, 15) is 9.59 Å². The van der Waals surface area contributed by atoms with Crippen LogP contribution in [0.15, 0.2) is 18.5 Å². The van der Waals surface area contributed by atoms with E-state index >= 15 is 0 Å². The van der Waals surface area contributed by atoms with Gasteiger partial charge in [0.15, 0.2) is 6.10 Å². The van der Waals surface area contributed by atoms with Gasteiger partial charge in [-0.25, -0.2) is 4.79 Å². The van der Waals surface area contributed by atoms with E-state index in [1.807, 2.05) is 0 Å². The summed E-state index contributed by atoms with van der Waals surface area (Å²) in [6.45, 7) is 0.0534. The van der Waals surface area contributed by atoms with Crippen molar-refractivity contribution in [2.75, 3.05) is 13.7 Å². The smallest absolute Gasteiger partial charge is 0.332 e. The predicted molar refractivity (Wildman–Crippen MR) is 61.4 cm³/mol. The van der Waals surface area contributed by atoms with Gasteiger partial charge in [0.05, 0.1) is 18.9 Å². The molecule has 0 aliphatic carbocycles. The molecule has 0 saturated carbocycles. The van der Waals surface area contributed by atoms with E-state index < -0.39 is 18.0 Å². The SMILES string of the molecule is COc1cnccc1C(=O)NCC[C@H](O)C(=O)O. The summed E-state index contributed by atoms with van der Waals surface area (Å²) in [5.74, 6) is -1.40. The molecule has 0 aliphatic heterocycles. The van der Waals surface area contributed by atoms with Crippen molar-refractivity contribution in [1.29, 1.82) is 0 Å². The van der Waals surface area contributed by atoms with E-state index in [0.29, 0.717) is 11.3 Å². The third-order valence-corrected chi connectivity index (χ3v) is 2.24. The zero-order valence-electron chi connectivity index (χ0n) is 9.79. The van der Waals surface area contributed by atoms with Crippen molar-refractivity contribution in [2.24, 2.45) is 0 Å². The van der Waals surface area contributed by atoms with Gasteiger partial charge in [-0.3, -0.25) is 9.78 Å². The number of carbonyl (C=O) groups excluding carboxylic acids is 1. The molecule has 98 valence electrons. The minimum Gasteiger partial charge on any atom is -0.494 e. The summed E-state index contributed by atoms with van der Waals surface area (Å²) < 4.78 is 4.97. The Bertz CT molecular complexity index is 435. The Morgan fingerprint density at radius 3 is 2.89 bits per heavy atom. The summed E-state index contributed by atoms with van der Waals surface area (Å²) in [5.41, 5.74) is 0.303. The van der Waals surface area contributed by atoms with Gasteiger partial charge in [-0.15, -0.1) is 0 Å². The van der Waals surface area contributed by atoms with Gasteiger partial charge in [0.25, 0.3) is 5.91 Å². The first-order chi connectivity index (χ1) is 8.56. The number of carboxylic acid groups (broad SMARTS) is 1. The van der Waals surface area contributed by atoms with Crippen molar-refractivity contribution < 1.29 is 24.5 Å². The Hall–Kier alpha value is -2.15. The molecule has 1 amide bonds. The lowest BCUT2D eigenvalue weighted by Crippen LogP contribution is -2.30. The zero-order chi connectivity index (χ0) is 13.5. The minimum atomic E-state index is -1.48. The van der Waals surface area contributed by atoms with Crippen LogP contribution >= 0.6 is 0 Å². The lowest BCUT2D eigenvalue weighted by molar-refractivity contribution is -0.146. The van der Waals surface area contributed by atoms with Crippen molar-refractivity contribution in [3.63, 3.8) is 0 Å². The number of nitrogens with zero attached hydrogens (tertiary/aromatic N) is 1. The Balaban J connectivity index is 2.53. The molecule has 0 aromatic carbocycles. The molecular formula is C11H14N2O5. The first-order valence-electron chi connectivity index (χ1n) is 5.23. The highest BCUT2D eigenvalue weighted by molar-refractivity contribution is 5.96. The average Bonchev–Trinajstić information content (AvgIpc) is 2.38. The van der Waals surface area contributed by atoms with Gasteiger partial charge >= 0.3 is 5.97 Å². The van der Waals surface area contributed by atoms with Gasteiger partial charge in [0.1, 0.15) is 5.75 Å². The van der Waals surface area contributed by atoms with Gasteiger partial charge in [0.2, 0.25) is 0 Å². The van der Waals surface area contributed by atoms with Gasteiger partial charge in [-0.1, -0.05) is 0 Å². The van der Waals surface area contributed by atoms with Gasteiger partial charge in [0, 0.05) is 19.2 Å². The van der Waals surface area contributed by atoms with Crippen molar-refractivity contribution in [3.8, 4) is 5.75 Å². The van der Waals surface area contributed by atoms with Crippen LogP contribution in [0.4, 0.5) is 0 Å². The van der Waals surface area contributed by atoms with Crippen LogP contribution in [-0.4, -0.2) is 46.8 Å². The van der Waals surface area contributed by atoms with Crippen LogP contribution in [0.5, 0.6) is 5.75 Å². The number of carboxylic acids is 1. The predicted octanol–water partition coefficient (Wildman–Crippen LogP) is -0.344. The number of aromatic nitrogens is 1. The molecule has 1 heterocycles. The monoisotopic (exact) mass is 254 g/mol. The van der Waals surface area contributed by atoms with Crippen LogP contribution in [0.3, 0.4) is 0 Å². The number of carbonyl (C=O) groups is 2. The van der Waals surface area contributed by atoms with E-state index in [2.05, 4.69) is 10.3 Å². The molecule has 1 aromatic heterocycles. The fourth-order valence-corrected chi connectivity index (χ4v) is 1.27. The first kappa shape index (κ1) is 13.9. The highest BCUT2D eigenvalue weighted by atomic mass is 16.5. The van der Waals surface area contributed by atoms with E-state index in [4.69, 9.17) is 14.9 Å². The number of amides is 1. The van der Waals surface area contributed by atoms with Gasteiger partial charge in [-0.2, -0.15) is 0 Å². The van der Waals surface area contributed by atoms with Crippen LogP contribution in [-0.2, 0) is 4.79 Å². The molecule has 0 unspecified atom stereocenters. The van der Waals surface area contributed by atoms with E-state index in [-0.39, 0.29) is 13.0 Å². The fraction of sp³-hybridized carbons (Fsp3) is 0.364. The molecule has 1 atom stereocenters. The van der Waals surface area contributed by atoms with E-state index in [1.54, 1.807) is 0 Å². The summed E-state index contributed by atoms with van der Waals surface area (Å²) in [6.07, 6.45) is 1.31. The molecule has 0 fully saturated rings. The highest BCUT2D eigenvalue weighted by Gasteiger charge is 2.15. The maximum absolute atomic E-state index is 11.7.